The van der Waals surface area contributed by atoms with Crippen molar-refractivity contribution >= 4 is 0 Å². The van der Waals surface area contributed by atoms with Crippen molar-refractivity contribution in [2.45, 2.75) is 51.4 Å². The van der Waals surface area contributed by atoms with Gasteiger partial charge in [-0.05, 0) is 57.0 Å². The first-order valence-electron chi connectivity index (χ1n) is 19.5. The number of nitrogens with zero attached hydrogens (tertiary/aromatic N) is 6. The highest BCUT2D eigenvalue weighted by Crippen LogP contribution is 2.40. The SMILES string of the molecule is CCCCc1c(Cc2ccc(-c3ccccc3-c3nnn(C(c4ccccc4)(c4ccccc4)c4ccccc4)n3)cc2)c(COCc2ccccc2)nn1C. The fourth-order valence-corrected chi connectivity index (χ4v) is 7.77. The van der Waals surface area contributed by atoms with Crippen LogP contribution in [0.2, 0.25) is 0 Å². The van der Waals surface area contributed by atoms with Crippen LogP contribution in [0.3, 0.4) is 0 Å². The lowest BCUT2D eigenvalue weighted by molar-refractivity contribution is 0.104. The Morgan fingerprint density at radius 3 is 1.71 bits per heavy atom. The van der Waals surface area contributed by atoms with Gasteiger partial charge in [0.05, 0.1) is 18.9 Å². The molecule has 0 atom stereocenters. The van der Waals surface area contributed by atoms with Crippen LogP contribution in [0.4, 0.5) is 0 Å². The van der Waals surface area contributed by atoms with E-state index in [-0.39, 0.29) is 0 Å². The van der Waals surface area contributed by atoms with E-state index >= 15 is 0 Å². The molecule has 56 heavy (non-hydrogen) atoms. The first kappa shape index (κ1) is 36.5. The van der Waals surface area contributed by atoms with Gasteiger partial charge >= 0.3 is 0 Å². The average molecular weight is 735 g/mol. The number of hydrogen-bond donors (Lipinski definition) is 0. The highest BCUT2D eigenvalue weighted by Gasteiger charge is 2.41. The molecule has 278 valence electrons. The normalized spacial score (nSPS) is 11.5. The maximum atomic E-state index is 6.19. The van der Waals surface area contributed by atoms with Crippen molar-refractivity contribution in [3.63, 3.8) is 0 Å². The van der Waals surface area contributed by atoms with E-state index in [1.165, 1.54) is 16.8 Å². The number of aromatic nitrogens is 6. The second kappa shape index (κ2) is 16.9. The van der Waals surface area contributed by atoms with Gasteiger partial charge in [0.1, 0.15) is 0 Å². The van der Waals surface area contributed by atoms with E-state index in [9.17, 15) is 0 Å². The fraction of sp³-hybridized carbons (Fsp3) is 0.184. The van der Waals surface area contributed by atoms with E-state index < -0.39 is 5.54 Å². The second-order valence-electron chi connectivity index (χ2n) is 14.2. The molecule has 7 heteroatoms. The van der Waals surface area contributed by atoms with Gasteiger partial charge in [-0.15, -0.1) is 15.0 Å². The van der Waals surface area contributed by atoms with Crippen LogP contribution >= 0.6 is 0 Å². The molecule has 2 aromatic heterocycles. The summed E-state index contributed by atoms with van der Waals surface area (Å²) in [5.74, 6) is 0.563. The van der Waals surface area contributed by atoms with Crippen molar-refractivity contribution in [1.82, 2.24) is 30.0 Å². The van der Waals surface area contributed by atoms with Gasteiger partial charge in [-0.3, -0.25) is 4.68 Å². The Kier molecular flexibility index (Phi) is 11.0. The first-order chi connectivity index (χ1) is 27.6. The zero-order valence-corrected chi connectivity index (χ0v) is 32.0. The maximum Gasteiger partial charge on any atom is 0.205 e. The van der Waals surface area contributed by atoms with Crippen LogP contribution in [-0.2, 0) is 43.4 Å². The van der Waals surface area contributed by atoms with Gasteiger partial charge in [-0.25, -0.2) is 0 Å². The predicted molar refractivity (Wildman–Crippen MR) is 223 cm³/mol. The molecule has 0 amide bonds. The number of hydrogen-bond acceptors (Lipinski definition) is 5. The molecule has 8 aromatic rings. The molecule has 0 aliphatic carbocycles. The van der Waals surface area contributed by atoms with E-state index in [0.717, 1.165) is 70.3 Å². The van der Waals surface area contributed by atoms with Crippen molar-refractivity contribution in [3.8, 4) is 22.5 Å². The topological polar surface area (TPSA) is 70.7 Å². The number of unbranched alkanes of at least 4 members (excludes halogenated alkanes) is 1. The van der Waals surface area contributed by atoms with Crippen LogP contribution < -0.4 is 0 Å². The van der Waals surface area contributed by atoms with Crippen LogP contribution in [0.25, 0.3) is 22.5 Å². The standard InChI is InChI=1S/C49H46N6O/c1-3-4-29-47-45(46(51-54(47)2)36-56-35-38-19-9-5-10-20-38)34-37-30-32-39(33-31-37)43-27-17-18-28-44(43)48-50-53-55(52-48)49(40-21-11-6-12-22-40,41-23-13-7-14-24-41)42-25-15-8-16-26-42/h5-28,30-33H,3-4,29,34-36H2,1-2H3. The van der Waals surface area contributed by atoms with Crippen molar-refractivity contribution in [3.05, 3.63) is 215 Å². The highest BCUT2D eigenvalue weighted by atomic mass is 16.5. The summed E-state index contributed by atoms with van der Waals surface area (Å²) in [6, 6.07) is 58.8. The predicted octanol–water partition coefficient (Wildman–Crippen LogP) is 10.2. The van der Waals surface area contributed by atoms with E-state index in [1.807, 2.05) is 42.5 Å². The molecule has 0 fully saturated rings. The van der Waals surface area contributed by atoms with Crippen molar-refractivity contribution in [2.24, 2.45) is 7.05 Å². The minimum absolute atomic E-state index is 0.476. The van der Waals surface area contributed by atoms with Crippen molar-refractivity contribution in [1.29, 1.82) is 0 Å². The largest absolute Gasteiger partial charge is 0.370 e. The Hall–Kier alpha value is -6.44. The lowest BCUT2D eigenvalue weighted by atomic mass is 9.77. The molecule has 0 radical (unpaired) electrons. The molecular formula is C49H46N6O. The lowest BCUT2D eigenvalue weighted by Crippen LogP contribution is -2.39. The van der Waals surface area contributed by atoms with E-state index in [2.05, 4.69) is 146 Å². The molecule has 6 aromatic carbocycles. The molecule has 7 nitrogen and oxygen atoms in total. The zero-order chi connectivity index (χ0) is 38.2. The maximum absolute atomic E-state index is 6.19. The summed E-state index contributed by atoms with van der Waals surface area (Å²) in [5, 5.41) is 19.7. The molecule has 0 unspecified atom stereocenters. The summed E-state index contributed by atoms with van der Waals surface area (Å²) in [5.41, 5.74) is 11.3. The summed E-state index contributed by atoms with van der Waals surface area (Å²) < 4.78 is 8.25. The van der Waals surface area contributed by atoms with Gasteiger partial charge in [0.15, 0.2) is 5.54 Å². The molecule has 2 heterocycles. The van der Waals surface area contributed by atoms with Crippen LogP contribution in [0.1, 0.15) is 64.5 Å². The van der Waals surface area contributed by atoms with Gasteiger partial charge in [0.2, 0.25) is 5.82 Å². The summed E-state index contributed by atoms with van der Waals surface area (Å²) in [7, 11) is 2.06. The molecule has 0 saturated carbocycles. The number of tetrazole rings is 1. The zero-order valence-electron chi connectivity index (χ0n) is 32.0. The van der Waals surface area contributed by atoms with Gasteiger partial charge in [0.25, 0.3) is 0 Å². The lowest BCUT2D eigenvalue weighted by Gasteiger charge is -2.34. The first-order valence-corrected chi connectivity index (χ1v) is 19.5. The fourth-order valence-electron chi connectivity index (χ4n) is 7.77. The quantitative estimate of drug-likeness (QED) is 0.0981. The minimum Gasteiger partial charge on any atom is -0.370 e. The third kappa shape index (κ3) is 7.46. The summed E-state index contributed by atoms with van der Waals surface area (Å²) in [6.07, 6.45) is 4.03. The molecule has 0 aliphatic rings. The molecule has 0 bridgehead atoms. The van der Waals surface area contributed by atoms with Crippen LogP contribution in [-0.4, -0.2) is 30.0 Å². The van der Waals surface area contributed by atoms with Crippen LogP contribution in [0.5, 0.6) is 0 Å². The number of benzene rings is 6. The van der Waals surface area contributed by atoms with Crippen LogP contribution in [0, 0.1) is 0 Å². The molecule has 0 spiro atoms. The van der Waals surface area contributed by atoms with Gasteiger partial charge in [-0.2, -0.15) is 5.10 Å². The molecule has 8 rings (SSSR count). The monoisotopic (exact) mass is 734 g/mol. The molecule has 0 aliphatic heterocycles. The van der Waals surface area contributed by atoms with Crippen LogP contribution in [0.15, 0.2) is 170 Å². The number of rotatable bonds is 15. The van der Waals surface area contributed by atoms with E-state index in [0.29, 0.717) is 19.0 Å². The Bertz CT molecular complexity index is 2360. The average Bonchev–Trinajstić information content (AvgIpc) is 3.86. The molecule has 0 N–H and O–H groups in total. The van der Waals surface area contributed by atoms with Gasteiger partial charge in [-0.1, -0.05) is 183 Å². The Balaban J connectivity index is 1.11. The van der Waals surface area contributed by atoms with Gasteiger partial charge in [0, 0.05) is 30.3 Å². The second-order valence-corrected chi connectivity index (χ2v) is 14.2. The molecular weight excluding hydrogens is 689 g/mol. The number of ether oxygens (including phenoxy) is 1. The van der Waals surface area contributed by atoms with Crippen molar-refractivity contribution in [2.75, 3.05) is 0 Å². The van der Waals surface area contributed by atoms with Gasteiger partial charge < -0.3 is 4.74 Å². The summed E-state index contributed by atoms with van der Waals surface area (Å²) >= 11 is 0. The third-order valence-corrected chi connectivity index (χ3v) is 10.6. The van der Waals surface area contributed by atoms with E-state index in [1.54, 1.807) is 4.80 Å². The summed E-state index contributed by atoms with van der Waals surface area (Å²) in [6.45, 7) is 3.27. The number of aryl methyl sites for hydroxylation is 1. The third-order valence-electron chi connectivity index (χ3n) is 10.6. The highest BCUT2D eigenvalue weighted by molar-refractivity contribution is 5.80. The van der Waals surface area contributed by atoms with Crippen molar-refractivity contribution < 1.29 is 4.74 Å². The smallest absolute Gasteiger partial charge is 0.205 e. The molecule has 0 saturated heterocycles. The Labute approximate surface area is 329 Å². The van der Waals surface area contributed by atoms with E-state index in [4.69, 9.17) is 25.2 Å². The summed E-state index contributed by atoms with van der Waals surface area (Å²) in [4.78, 5) is 1.79. The Morgan fingerprint density at radius 1 is 0.571 bits per heavy atom. The Morgan fingerprint density at radius 2 is 1.12 bits per heavy atom. The minimum atomic E-state index is -0.848.